The molecule has 0 aromatic carbocycles. The third kappa shape index (κ3) is 1.57. The number of fused-ring (bicyclic) bond motifs is 1. The van der Waals surface area contributed by atoms with Crippen LogP contribution in [0.1, 0.15) is 11.1 Å². The number of aryl methyl sites for hydroxylation is 1. The summed E-state index contributed by atoms with van der Waals surface area (Å²) in [5.74, 6) is -1.07. The first kappa shape index (κ1) is 10.7. The molecule has 0 atom stereocenters. The highest BCUT2D eigenvalue weighted by Gasteiger charge is 2.15. The number of pyridine rings is 1. The van der Waals surface area contributed by atoms with Gasteiger partial charge in [0.2, 0.25) is 0 Å². The van der Waals surface area contributed by atoms with Crippen LogP contribution < -0.4 is 0 Å². The first-order chi connectivity index (χ1) is 7.50. The lowest BCUT2D eigenvalue weighted by Crippen LogP contribution is -1.97. The zero-order chi connectivity index (χ0) is 11.9. The Hall–Kier alpha value is -1.81. The van der Waals surface area contributed by atoms with E-state index in [-0.39, 0.29) is 5.57 Å². The van der Waals surface area contributed by atoms with Gasteiger partial charge >= 0.3 is 5.97 Å². The van der Waals surface area contributed by atoms with Crippen molar-refractivity contribution in [2.45, 2.75) is 6.92 Å². The molecule has 16 heavy (non-hydrogen) atoms. The zero-order valence-corrected chi connectivity index (χ0v) is 9.30. The first-order valence-electron chi connectivity index (χ1n) is 4.57. The van der Waals surface area contributed by atoms with Gasteiger partial charge in [-0.15, -0.1) is 0 Å². The molecule has 0 unspecified atom stereocenters. The monoisotopic (exact) mass is 236 g/mol. The van der Waals surface area contributed by atoms with E-state index in [0.29, 0.717) is 16.2 Å². The van der Waals surface area contributed by atoms with Crippen molar-refractivity contribution in [1.29, 1.82) is 0 Å². The SMILES string of the molecule is C=C(C(=O)O)c1c[nH]c2c(C)cc(Cl)nc12. The molecule has 0 fully saturated rings. The maximum absolute atomic E-state index is 10.8. The lowest BCUT2D eigenvalue weighted by Gasteiger charge is -2.00. The van der Waals surface area contributed by atoms with Crippen LogP contribution in [-0.4, -0.2) is 21.0 Å². The molecule has 2 rings (SSSR count). The fraction of sp³-hybridized carbons (Fsp3) is 0.0909. The second kappa shape index (κ2) is 3.64. The number of nitrogens with one attached hydrogen (secondary N) is 1. The molecule has 0 bridgehead atoms. The van der Waals surface area contributed by atoms with Crippen molar-refractivity contribution in [1.82, 2.24) is 9.97 Å². The van der Waals surface area contributed by atoms with Gasteiger partial charge in [-0.3, -0.25) is 0 Å². The highest BCUT2D eigenvalue weighted by atomic mass is 35.5. The van der Waals surface area contributed by atoms with Crippen molar-refractivity contribution in [3.8, 4) is 0 Å². The number of rotatable bonds is 2. The Morgan fingerprint density at radius 1 is 1.62 bits per heavy atom. The molecule has 2 heterocycles. The third-order valence-electron chi connectivity index (χ3n) is 2.38. The van der Waals surface area contributed by atoms with Crippen LogP contribution in [0.4, 0.5) is 0 Å². The predicted octanol–water partition coefficient (Wildman–Crippen LogP) is 2.62. The lowest BCUT2D eigenvalue weighted by atomic mass is 10.1. The van der Waals surface area contributed by atoms with Crippen molar-refractivity contribution in [2.75, 3.05) is 0 Å². The molecule has 4 nitrogen and oxygen atoms in total. The van der Waals surface area contributed by atoms with E-state index < -0.39 is 5.97 Å². The van der Waals surface area contributed by atoms with Crippen molar-refractivity contribution in [3.63, 3.8) is 0 Å². The molecule has 0 aliphatic rings. The van der Waals surface area contributed by atoms with E-state index in [4.69, 9.17) is 16.7 Å². The minimum Gasteiger partial charge on any atom is -0.478 e. The fourth-order valence-corrected chi connectivity index (χ4v) is 1.82. The van der Waals surface area contributed by atoms with Crippen LogP contribution in [0.5, 0.6) is 0 Å². The number of hydrogen-bond donors (Lipinski definition) is 2. The Bertz CT molecular complexity index is 601. The zero-order valence-electron chi connectivity index (χ0n) is 8.54. The normalized spacial score (nSPS) is 10.6. The van der Waals surface area contributed by atoms with Crippen molar-refractivity contribution in [3.05, 3.63) is 35.1 Å². The van der Waals surface area contributed by atoms with E-state index >= 15 is 0 Å². The number of aliphatic carboxylic acids is 1. The van der Waals surface area contributed by atoms with Crippen LogP contribution in [0.2, 0.25) is 5.15 Å². The molecule has 0 saturated heterocycles. The van der Waals surface area contributed by atoms with Crippen LogP contribution in [0.15, 0.2) is 18.8 Å². The summed E-state index contributed by atoms with van der Waals surface area (Å²) in [5.41, 5.74) is 2.70. The van der Waals surface area contributed by atoms with Gasteiger partial charge in [0.15, 0.2) is 0 Å². The van der Waals surface area contributed by atoms with Gasteiger partial charge in [0.25, 0.3) is 0 Å². The fourth-order valence-electron chi connectivity index (χ4n) is 1.57. The second-order valence-electron chi connectivity index (χ2n) is 3.47. The highest BCUT2D eigenvalue weighted by Crippen LogP contribution is 2.26. The number of aromatic nitrogens is 2. The third-order valence-corrected chi connectivity index (χ3v) is 2.58. The van der Waals surface area contributed by atoms with Crippen LogP contribution in [0.25, 0.3) is 16.6 Å². The Kier molecular flexibility index (Phi) is 2.44. The van der Waals surface area contributed by atoms with Crippen molar-refractivity contribution < 1.29 is 9.90 Å². The Morgan fingerprint density at radius 2 is 2.31 bits per heavy atom. The van der Waals surface area contributed by atoms with Gasteiger partial charge in [-0.2, -0.15) is 0 Å². The number of H-pyrrole nitrogens is 1. The summed E-state index contributed by atoms with van der Waals surface area (Å²) in [4.78, 5) is 17.9. The topological polar surface area (TPSA) is 66.0 Å². The molecule has 0 amide bonds. The van der Waals surface area contributed by atoms with Crippen LogP contribution in [0, 0.1) is 6.92 Å². The van der Waals surface area contributed by atoms with Gasteiger partial charge < -0.3 is 10.1 Å². The van der Waals surface area contributed by atoms with E-state index in [0.717, 1.165) is 11.1 Å². The molecule has 0 spiro atoms. The average molecular weight is 237 g/mol. The van der Waals surface area contributed by atoms with Gasteiger partial charge in [0.1, 0.15) is 5.15 Å². The number of aromatic amines is 1. The number of halogens is 1. The molecule has 0 aliphatic heterocycles. The quantitative estimate of drug-likeness (QED) is 0.622. The molecule has 2 N–H and O–H groups in total. The van der Waals surface area contributed by atoms with E-state index in [9.17, 15) is 4.79 Å². The molecule has 2 aromatic rings. The number of carboxylic acids is 1. The molecular weight excluding hydrogens is 228 g/mol. The van der Waals surface area contributed by atoms with Crippen molar-refractivity contribution in [2.24, 2.45) is 0 Å². The maximum Gasteiger partial charge on any atom is 0.335 e. The van der Waals surface area contributed by atoms with Crippen LogP contribution in [0.3, 0.4) is 0 Å². The van der Waals surface area contributed by atoms with E-state index in [1.165, 1.54) is 0 Å². The summed E-state index contributed by atoms with van der Waals surface area (Å²) in [7, 11) is 0. The maximum atomic E-state index is 10.8. The molecule has 2 aromatic heterocycles. The lowest BCUT2D eigenvalue weighted by molar-refractivity contribution is -0.130. The van der Waals surface area contributed by atoms with Gasteiger partial charge in [-0.1, -0.05) is 18.2 Å². The Balaban J connectivity index is 2.74. The summed E-state index contributed by atoms with van der Waals surface area (Å²) in [6.45, 7) is 5.38. The largest absolute Gasteiger partial charge is 0.478 e. The summed E-state index contributed by atoms with van der Waals surface area (Å²) in [6, 6.07) is 1.72. The average Bonchev–Trinajstić information content (AvgIpc) is 2.60. The van der Waals surface area contributed by atoms with Crippen molar-refractivity contribution >= 4 is 34.2 Å². The molecule has 82 valence electrons. The Morgan fingerprint density at radius 3 is 2.94 bits per heavy atom. The summed E-state index contributed by atoms with van der Waals surface area (Å²) in [5, 5.41) is 9.21. The molecule has 0 aliphatic carbocycles. The van der Waals surface area contributed by atoms with Gasteiger partial charge in [0, 0.05) is 11.8 Å². The second-order valence-corrected chi connectivity index (χ2v) is 3.86. The summed E-state index contributed by atoms with van der Waals surface area (Å²) >= 11 is 5.84. The Labute approximate surface area is 96.6 Å². The van der Waals surface area contributed by atoms with Crippen LogP contribution in [-0.2, 0) is 4.79 Å². The number of carbonyl (C=O) groups is 1. The molecule has 0 saturated carbocycles. The molecule has 5 heteroatoms. The summed E-state index contributed by atoms with van der Waals surface area (Å²) in [6.07, 6.45) is 1.58. The molecule has 0 radical (unpaired) electrons. The summed E-state index contributed by atoms with van der Waals surface area (Å²) < 4.78 is 0. The van der Waals surface area contributed by atoms with E-state index in [2.05, 4.69) is 16.5 Å². The standard InChI is InChI=1S/C11H9ClN2O2/c1-5-3-8(12)14-10-7(4-13-9(5)10)6(2)11(15)16/h3-4,13H,2H2,1H3,(H,15,16). The van der Waals surface area contributed by atoms with Gasteiger partial charge in [-0.25, -0.2) is 9.78 Å². The molecular formula is C11H9ClN2O2. The van der Waals surface area contributed by atoms with E-state index in [1.54, 1.807) is 12.3 Å². The smallest absolute Gasteiger partial charge is 0.335 e. The number of hydrogen-bond acceptors (Lipinski definition) is 2. The number of nitrogens with zero attached hydrogens (tertiary/aromatic N) is 1. The van der Waals surface area contributed by atoms with E-state index in [1.807, 2.05) is 6.92 Å². The highest BCUT2D eigenvalue weighted by molar-refractivity contribution is 6.30. The van der Waals surface area contributed by atoms with Gasteiger partial charge in [-0.05, 0) is 18.6 Å². The minimum absolute atomic E-state index is 0.000386. The predicted molar refractivity (Wildman–Crippen MR) is 62.5 cm³/mol. The minimum atomic E-state index is -1.07. The number of carboxylic acid groups (broad SMARTS) is 1. The van der Waals surface area contributed by atoms with Crippen LogP contribution >= 0.6 is 11.6 Å². The van der Waals surface area contributed by atoms with Gasteiger partial charge in [0.05, 0.1) is 16.6 Å². The first-order valence-corrected chi connectivity index (χ1v) is 4.95.